The van der Waals surface area contributed by atoms with Crippen LogP contribution < -0.4 is 27.4 Å². The van der Waals surface area contributed by atoms with Crippen LogP contribution in [0.25, 0.3) is 0 Å². The van der Waals surface area contributed by atoms with Gasteiger partial charge in [0.15, 0.2) is 0 Å². The second kappa shape index (κ2) is 14.7. The van der Waals surface area contributed by atoms with Crippen LogP contribution in [0.15, 0.2) is 0 Å². The first-order valence-corrected chi connectivity index (χ1v) is 10.6. The van der Waals surface area contributed by atoms with Crippen LogP contribution in [0.1, 0.15) is 59.8 Å². The average molecular weight is 430 g/mol. The van der Waals surface area contributed by atoms with Crippen molar-refractivity contribution in [1.82, 2.24) is 16.0 Å². The Bertz CT molecular complexity index is 570. The molecule has 0 spiro atoms. The maximum Gasteiger partial charge on any atom is 0.326 e. The van der Waals surface area contributed by atoms with Gasteiger partial charge >= 0.3 is 5.97 Å². The zero-order chi connectivity index (χ0) is 23.3. The maximum absolute atomic E-state index is 12.6. The van der Waals surface area contributed by atoms with Gasteiger partial charge < -0.3 is 32.5 Å². The lowest BCUT2D eigenvalue weighted by Crippen LogP contribution is -2.55. The highest BCUT2D eigenvalue weighted by Gasteiger charge is 2.30. The summed E-state index contributed by atoms with van der Waals surface area (Å²) in [5, 5.41) is 16.9. The molecular formula is C20H39N5O5. The molecular weight excluding hydrogens is 390 g/mol. The van der Waals surface area contributed by atoms with Gasteiger partial charge in [-0.15, -0.1) is 0 Å². The Morgan fingerprint density at radius 2 is 1.63 bits per heavy atom. The number of hydrogen-bond acceptors (Lipinski definition) is 6. The molecule has 0 aliphatic rings. The molecule has 0 aromatic rings. The molecule has 0 aliphatic carbocycles. The highest BCUT2D eigenvalue weighted by Crippen LogP contribution is 2.10. The highest BCUT2D eigenvalue weighted by molar-refractivity contribution is 5.92. The van der Waals surface area contributed by atoms with Crippen molar-refractivity contribution < 1.29 is 24.3 Å². The molecule has 174 valence electrons. The lowest BCUT2D eigenvalue weighted by molar-refractivity contribution is -0.143. The number of carbonyl (C=O) groups excluding carboxylic acids is 3. The van der Waals surface area contributed by atoms with E-state index in [-0.39, 0.29) is 18.4 Å². The van der Waals surface area contributed by atoms with Gasteiger partial charge in [-0.3, -0.25) is 14.4 Å². The summed E-state index contributed by atoms with van der Waals surface area (Å²) >= 11 is 0. The number of hydrogen-bond donors (Lipinski definition) is 6. The minimum Gasteiger partial charge on any atom is -0.480 e. The summed E-state index contributed by atoms with van der Waals surface area (Å²) in [6.07, 6.45) is 2.86. The van der Waals surface area contributed by atoms with Gasteiger partial charge in [-0.05, 0) is 37.6 Å². The first-order chi connectivity index (χ1) is 14.0. The number of nitrogens with one attached hydrogen (secondary N) is 3. The number of carbonyl (C=O) groups is 4. The van der Waals surface area contributed by atoms with Gasteiger partial charge in [-0.1, -0.05) is 40.5 Å². The van der Waals surface area contributed by atoms with Crippen molar-refractivity contribution in [2.45, 2.75) is 77.9 Å². The van der Waals surface area contributed by atoms with E-state index in [9.17, 15) is 24.3 Å². The summed E-state index contributed by atoms with van der Waals surface area (Å²) in [6.45, 7) is 7.55. The summed E-state index contributed by atoms with van der Waals surface area (Å²) in [4.78, 5) is 48.3. The predicted octanol–water partition coefficient (Wildman–Crippen LogP) is -0.295. The van der Waals surface area contributed by atoms with Crippen molar-refractivity contribution in [3.8, 4) is 0 Å². The Kier molecular flexibility index (Phi) is 13.7. The van der Waals surface area contributed by atoms with E-state index in [0.29, 0.717) is 25.8 Å². The zero-order valence-corrected chi connectivity index (χ0v) is 18.6. The van der Waals surface area contributed by atoms with Crippen molar-refractivity contribution in [1.29, 1.82) is 0 Å². The fourth-order valence-electron chi connectivity index (χ4n) is 2.82. The molecule has 3 amide bonds. The second-order valence-electron chi connectivity index (χ2n) is 8.07. The molecule has 0 rings (SSSR count). The first-order valence-electron chi connectivity index (χ1n) is 10.6. The molecule has 10 nitrogen and oxygen atoms in total. The lowest BCUT2D eigenvalue weighted by atomic mass is 9.97. The molecule has 0 fully saturated rings. The van der Waals surface area contributed by atoms with Gasteiger partial charge in [-0.25, -0.2) is 4.79 Å². The Balaban J connectivity index is 4.84. The monoisotopic (exact) mass is 429 g/mol. The van der Waals surface area contributed by atoms with Crippen molar-refractivity contribution in [3.05, 3.63) is 0 Å². The standard InChI is InChI=1S/C20H39N5O5/c1-5-13(4)17(20(29)30)25-19(28)15(10-12(2)3)24-16(26)11-23-18(27)14(22)8-6-7-9-21/h12-15,17H,5-11,21-22H2,1-4H3,(H,23,27)(H,24,26)(H,25,28)(H,29,30). The van der Waals surface area contributed by atoms with E-state index < -0.39 is 41.8 Å². The number of amides is 3. The summed E-state index contributed by atoms with van der Waals surface area (Å²) in [6, 6.07) is -2.68. The number of carboxylic acids is 1. The zero-order valence-electron chi connectivity index (χ0n) is 18.6. The quantitative estimate of drug-likeness (QED) is 0.194. The predicted molar refractivity (Wildman–Crippen MR) is 114 cm³/mol. The minimum absolute atomic E-state index is 0.0819. The van der Waals surface area contributed by atoms with Gasteiger partial charge in [0, 0.05) is 0 Å². The van der Waals surface area contributed by atoms with Crippen LogP contribution >= 0.6 is 0 Å². The Morgan fingerprint density at radius 3 is 2.13 bits per heavy atom. The smallest absolute Gasteiger partial charge is 0.326 e. The molecule has 10 heteroatoms. The highest BCUT2D eigenvalue weighted by atomic mass is 16.4. The number of nitrogens with two attached hydrogens (primary N) is 2. The van der Waals surface area contributed by atoms with Gasteiger partial charge in [0.05, 0.1) is 12.6 Å². The van der Waals surface area contributed by atoms with E-state index in [1.54, 1.807) is 6.92 Å². The second-order valence-corrected chi connectivity index (χ2v) is 8.07. The fourth-order valence-corrected chi connectivity index (χ4v) is 2.82. The van der Waals surface area contributed by atoms with Crippen molar-refractivity contribution in [3.63, 3.8) is 0 Å². The third kappa shape index (κ3) is 11.1. The SMILES string of the molecule is CCC(C)C(NC(=O)C(CC(C)C)NC(=O)CNC(=O)C(N)CCCCN)C(=O)O. The largest absolute Gasteiger partial charge is 0.480 e. The number of unbranched alkanes of at least 4 members (excludes halogenated alkanes) is 1. The third-order valence-corrected chi connectivity index (χ3v) is 4.86. The van der Waals surface area contributed by atoms with Gasteiger partial charge in [0.2, 0.25) is 17.7 Å². The molecule has 0 saturated heterocycles. The van der Waals surface area contributed by atoms with E-state index in [4.69, 9.17) is 11.5 Å². The van der Waals surface area contributed by atoms with Gasteiger partial charge in [0.1, 0.15) is 12.1 Å². The molecule has 0 aliphatic heterocycles. The first kappa shape index (κ1) is 27.8. The maximum atomic E-state index is 12.6. The van der Waals surface area contributed by atoms with Crippen molar-refractivity contribution in [2.24, 2.45) is 23.3 Å². The molecule has 4 unspecified atom stereocenters. The third-order valence-electron chi connectivity index (χ3n) is 4.86. The summed E-state index contributed by atoms with van der Waals surface area (Å²) in [7, 11) is 0. The minimum atomic E-state index is -1.12. The number of rotatable bonds is 15. The topological polar surface area (TPSA) is 177 Å². The van der Waals surface area contributed by atoms with E-state index in [1.165, 1.54) is 0 Å². The summed E-state index contributed by atoms with van der Waals surface area (Å²) in [5.41, 5.74) is 11.2. The van der Waals surface area contributed by atoms with E-state index in [1.807, 2.05) is 20.8 Å². The summed E-state index contributed by atoms with van der Waals surface area (Å²) < 4.78 is 0. The average Bonchev–Trinajstić information content (AvgIpc) is 2.68. The van der Waals surface area contributed by atoms with Crippen LogP contribution in [0, 0.1) is 11.8 Å². The van der Waals surface area contributed by atoms with Crippen LogP contribution in [0.2, 0.25) is 0 Å². The van der Waals surface area contributed by atoms with Crippen molar-refractivity contribution >= 4 is 23.7 Å². The molecule has 8 N–H and O–H groups in total. The van der Waals surface area contributed by atoms with Gasteiger partial charge in [0.25, 0.3) is 0 Å². The molecule has 4 atom stereocenters. The number of aliphatic carboxylic acids is 1. The molecule has 0 aromatic carbocycles. The van der Waals surface area contributed by atoms with Crippen LogP contribution in [-0.4, -0.2) is 60.0 Å². The number of carboxylic acid groups (broad SMARTS) is 1. The molecule has 0 bridgehead atoms. The van der Waals surface area contributed by atoms with E-state index in [2.05, 4.69) is 16.0 Å². The fraction of sp³-hybridized carbons (Fsp3) is 0.800. The normalized spacial score (nSPS) is 15.0. The Hall–Kier alpha value is -2.20. The Morgan fingerprint density at radius 1 is 1.00 bits per heavy atom. The molecule has 0 saturated carbocycles. The summed E-state index contributed by atoms with van der Waals surface area (Å²) in [5.74, 6) is -2.86. The Labute approximate surface area is 178 Å². The van der Waals surface area contributed by atoms with Gasteiger partial charge in [-0.2, -0.15) is 0 Å². The van der Waals surface area contributed by atoms with E-state index in [0.717, 1.165) is 12.8 Å². The van der Waals surface area contributed by atoms with Crippen LogP contribution in [0.4, 0.5) is 0 Å². The molecule has 0 heterocycles. The molecule has 0 radical (unpaired) electrons. The van der Waals surface area contributed by atoms with Crippen molar-refractivity contribution in [2.75, 3.05) is 13.1 Å². The van der Waals surface area contributed by atoms with Crippen LogP contribution in [0.3, 0.4) is 0 Å². The van der Waals surface area contributed by atoms with Crippen LogP contribution in [0.5, 0.6) is 0 Å². The van der Waals surface area contributed by atoms with Crippen LogP contribution in [-0.2, 0) is 19.2 Å². The molecule has 30 heavy (non-hydrogen) atoms. The lowest BCUT2D eigenvalue weighted by Gasteiger charge is -2.25. The van der Waals surface area contributed by atoms with E-state index >= 15 is 0 Å². The molecule has 0 aromatic heterocycles.